The van der Waals surface area contributed by atoms with Crippen molar-refractivity contribution in [1.29, 1.82) is 0 Å². The maximum atomic E-state index is 13.5. The van der Waals surface area contributed by atoms with Crippen molar-refractivity contribution in [3.05, 3.63) is 55.1 Å². The van der Waals surface area contributed by atoms with E-state index in [1.54, 1.807) is 49.9 Å². The number of aromatic nitrogens is 3. The van der Waals surface area contributed by atoms with Crippen molar-refractivity contribution in [1.82, 2.24) is 19.9 Å². The van der Waals surface area contributed by atoms with Crippen LogP contribution in [-0.4, -0.2) is 64.2 Å². The first kappa shape index (κ1) is 26.8. The molecule has 1 unspecified atom stereocenters. The lowest BCUT2D eigenvalue weighted by Gasteiger charge is -2.37. The maximum absolute atomic E-state index is 13.5. The van der Waals surface area contributed by atoms with Gasteiger partial charge in [-0.2, -0.15) is 0 Å². The molecule has 1 aliphatic heterocycles. The molecule has 38 heavy (non-hydrogen) atoms. The molecule has 0 aliphatic carbocycles. The fourth-order valence-electron chi connectivity index (χ4n) is 4.21. The summed E-state index contributed by atoms with van der Waals surface area (Å²) in [7, 11) is 3.32. The summed E-state index contributed by atoms with van der Waals surface area (Å²) in [5.74, 6) is 0.998. The van der Waals surface area contributed by atoms with E-state index in [1.807, 2.05) is 45.0 Å². The molecule has 1 fully saturated rings. The van der Waals surface area contributed by atoms with E-state index in [1.165, 1.54) is 4.90 Å². The number of likely N-dealkylation sites (N-methyl/N-ethyl adjacent to an activating group) is 1. The van der Waals surface area contributed by atoms with E-state index in [2.05, 4.69) is 20.3 Å². The number of methoxy groups -OCH3 is 1. The van der Waals surface area contributed by atoms with Gasteiger partial charge in [0.25, 0.3) is 0 Å². The first-order chi connectivity index (χ1) is 18.1. The minimum absolute atomic E-state index is 0.186. The number of rotatable bonds is 6. The first-order valence-corrected chi connectivity index (χ1v) is 12.6. The molecular weight excluding hydrogens is 484 g/mol. The van der Waals surface area contributed by atoms with Crippen LogP contribution in [0.3, 0.4) is 0 Å². The molecule has 200 valence electrons. The van der Waals surface area contributed by atoms with E-state index in [9.17, 15) is 9.59 Å². The largest absolute Gasteiger partial charge is 0.497 e. The number of ether oxygens (including phenoxy) is 2. The van der Waals surface area contributed by atoms with Gasteiger partial charge in [-0.1, -0.05) is 12.1 Å². The fourth-order valence-corrected chi connectivity index (χ4v) is 4.21. The maximum Gasteiger partial charge on any atom is 0.410 e. The van der Waals surface area contributed by atoms with Gasteiger partial charge in [-0.05, 0) is 63.8 Å². The number of anilines is 3. The summed E-state index contributed by atoms with van der Waals surface area (Å²) in [4.78, 5) is 42.4. The summed E-state index contributed by atoms with van der Waals surface area (Å²) in [5.41, 5.74) is 2.44. The van der Waals surface area contributed by atoms with E-state index in [-0.39, 0.29) is 5.91 Å². The van der Waals surface area contributed by atoms with Gasteiger partial charge in [-0.3, -0.25) is 14.7 Å². The number of hydrogen-bond acceptors (Lipinski definition) is 8. The summed E-state index contributed by atoms with van der Waals surface area (Å²) in [6.07, 6.45) is 8.54. The van der Waals surface area contributed by atoms with Crippen molar-refractivity contribution in [2.24, 2.45) is 0 Å². The lowest BCUT2D eigenvalue weighted by molar-refractivity contribution is -0.124. The van der Waals surface area contributed by atoms with E-state index in [4.69, 9.17) is 9.47 Å². The number of piperidine rings is 1. The van der Waals surface area contributed by atoms with Crippen molar-refractivity contribution in [2.45, 2.75) is 51.7 Å². The number of amides is 2. The highest BCUT2D eigenvalue weighted by atomic mass is 16.6. The number of nitrogens with zero attached hydrogens (tertiary/aromatic N) is 5. The highest BCUT2D eigenvalue weighted by molar-refractivity contribution is 5.98. The molecule has 2 amide bonds. The van der Waals surface area contributed by atoms with Gasteiger partial charge in [0.1, 0.15) is 17.4 Å². The quantitative estimate of drug-likeness (QED) is 0.483. The van der Waals surface area contributed by atoms with Gasteiger partial charge < -0.3 is 19.7 Å². The average Bonchev–Trinajstić information content (AvgIpc) is 2.92. The van der Waals surface area contributed by atoms with Gasteiger partial charge in [-0.25, -0.2) is 14.8 Å². The predicted molar refractivity (Wildman–Crippen MR) is 146 cm³/mol. The molecule has 0 bridgehead atoms. The van der Waals surface area contributed by atoms with E-state index >= 15 is 0 Å². The number of likely N-dealkylation sites (tertiary alicyclic amines) is 1. The molecule has 1 aliphatic rings. The molecule has 10 heteroatoms. The zero-order valence-electron chi connectivity index (χ0n) is 22.5. The van der Waals surface area contributed by atoms with Crippen LogP contribution in [0.2, 0.25) is 0 Å². The molecule has 0 spiro atoms. The lowest BCUT2D eigenvalue weighted by atomic mass is 10.0. The Labute approximate surface area is 223 Å². The normalized spacial score (nSPS) is 15.5. The van der Waals surface area contributed by atoms with Crippen molar-refractivity contribution >= 4 is 29.3 Å². The zero-order valence-corrected chi connectivity index (χ0v) is 22.5. The van der Waals surface area contributed by atoms with Gasteiger partial charge in [0.15, 0.2) is 0 Å². The number of carbonyl (C=O) groups is 2. The monoisotopic (exact) mass is 518 g/mol. The third kappa shape index (κ3) is 6.56. The Morgan fingerprint density at radius 1 is 1.03 bits per heavy atom. The topological polar surface area (TPSA) is 110 Å². The Morgan fingerprint density at radius 3 is 2.39 bits per heavy atom. The van der Waals surface area contributed by atoms with Crippen LogP contribution in [0.4, 0.5) is 22.1 Å². The smallest absolute Gasteiger partial charge is 0.410 e. The van der Waals surface area contributed by atoms with Crippen LogP contribution < -0.4 is 15.0 Å². The van der Waals surface area contributed by atoms with E-state index in [0.717, 1.165) is 29.7 Å². The van der Waals surface area contributed by atoms with Gasteiger partial charge in [0.2, 0.25) is 11.9 Å². The molecular formula is C28H34N6O4. The molecule has 3 aromatic rings. The molecule has 1 atom stereocenters. The Kier molecular flexibility index (Phi) is 8.09. The second-order valence-corrected chi connectivity index (χ2v) is 10.2. The van der Waals surface area contributed by atoms with E-state index < -0.39 is 17.7 Å². The second kappa shape index (κ2) is 11.5. The van der Waals surface area contributed by atoms with Crippen LogP contribution in [-0.2, 0) is 9.53 Å². The van der Waals surface area contributed by atoms with Crippen molar-refractivity contribution < 1.29 is 19.1 Å². The third-order valence-electron chi connectivity index (χ3n) is 6.19. The molecule has 2 aromatic heterocycles. The molecule has 0 saturated carbocycles. The first-order valence-electron chi connectivity index (χ1n) is 12.6. The Bertz CT molecular complexity index is 1260. The van der Waals surface area contributed by atoms with Crippen LogP contribution in [0.25, 0.3) is 11.1 Å². The highest BCUT2D eigenvalue weighted by Crippen LogP contribution is 2.26. The van der Waals surface area contributed by atoms with Crippen LogP contribution in [0.15, 0.2) is 55.1 Å². The number of carbonyl (C=O) groups excluding carboxylic acids is 2. The Hall–Kier alpha value is -4.21. The Balaban J connectivity index is 1.44. The number of pyridine rings is 1. The third-order valence-corrected chi connectivity index (χ3v) is 6.19. The minimum atomic E-state index is -0.632. The molecule has 3 heterocycles. The average molecular weight is 519 g/mol. The summed E-state index contributed by atoms with van der Waals surface area (Å²) >= 11 is 0. The summed E-state index contributed by atoms with van der Waals surface area (Å²) in [6.45, 7) is 5.94. The standard InChI is InChI=1S/C28H34N6O4/c1-28(2,3)38-27(36)34-13-7-6-8-24(34)25(35)33(4)22-14-21(17-29-18-22)32-26-30-15-20(16-31-26)19-9-11-23(37-5)12-10-19/h9-12,14-18,24H,6-8,13H2,1-5H3,(H,30,31,32). The number of benzene rings is 1. The SMILES string of the molecule is COc1ccc(-c2cnc(Nc3cncc(N(C)C(=O)C4CCCCN4C(=O)OC(C)(C)C)c3)nc2)cc1. The number of nitrogens with one attached hydrogen (secondary N) is 1. The van der Waals surface area contributed by atoms with Gasteiger partial charge >= 0.3 is 6.09 Å². The van der Waals surface area contributed by atoms with Crippen LogP contribution in [0, 0.1) is 0 Å². The summed E-state index contributed by atoms with van der Waals surface area (Å²) in [5, 5.41) is 3.14. The van der Waals surface area contributed by atoms with Crippen LogP contribution in [0.1, 0.15) is 40.0 Å². The zero-order chi connectivity index (χ0) is 27.3. The van der Waals surface area contributed by atoms with Crippen molar-refractivity contribution in [2.75, 3.05) is 30.9 Å². The van der Waals surface area contributed by atoms with Crippen molar-refractivity contribution in [3.8, 4) is 16.9 Å². The Morgan fingerprint density at radius 2 is 1.74 bits per heavy atom. The van der Waals surface area contributed by atoms with Gasteiger partial charge in [0, 0.05) is 31.5 Å². The van der Waals surface area contributed by atoms with Crippen LogP contribution >= 0.6 is 0 Å². The molecule has 10 nitrogen and oxygen atoms in total. The predicted octanol–water partition coefficient (Wildman–Crippen LogP) is 5.04. The summed E-state index contributed by atoms with van der Waals surface area (Å²) in [6, 6.07) is 8.87. The lowest BCUT2D eigenvalue weighted by Crippen LogP contribution is -2.53. The molecule has 1 N–H and O–H groups in total. The van der Waals surface area contributed by atoms with Crippen molar-refractivity contribution in [3.63, 3.8) is 0 Å². The van der Waals surface area contributed by atoms with Gasteiger partial charge in [0.05, 0.1) is 30.9 Å². The molecule has 1 saturated heterocycles. The van der Waals surface area contributed by atoms with Gasteiger partial charge in [-0.15, -0.1) is 0 Å². The minimum Gasteiger partial charge on any atom is -0.497 e. The highest BCUT2D eigenvalue weighted by Gasteiger charge is 2.36. The van der Waals surface area contributed by atoms with E-state index in [0.29, 0.717) is 30.3 Å². The molecule has 0 radical (unpaired) electrons. The molecule has 1 aromatic carbocycles. The fraction of sp³-hybridized carbons (Fsp3) is 0.393. The molecule has 4 rings (SSSR count). The number of hydrogen-bond donors (Lipinski definition) is 1. The second-order valence-electron chi connectivity index (χ2n) is 10.2. The van der Waals surface area contributed by atoms with Crippen LogP contribution in [0.5, 0.6) is 5.75 Å². The summed E-state index contributed by atoms with van der Waals surface area (Å²) < 4.78 is 10.8.